The minimum absolute atomic E-state index is 0.0533. The molecule has 5 rings (SSSR count). The molecule has 2 aromatic rings. The summed E-state index contributed by atoms with van der Waals surface area (Å²) in [5, 5.41) is 16.2. The number of fused-ring (bicyclic) bond motifs is 1. The second-order valence-electron chi connectivity index (χ2n) is 9.20. The molecule has 11 heteroatoms. The highest BCUT2D eigenvalue weighted by molar-refractivity contribution is 7.14. The SMILES string of the molecule is C[C@@H]1CN(NC(=O)c2ccc(-c3csc(N4CC[N+](C)([O-])CC4)n3)c(F)c2)[C@@H]2C(=O)CO[C@H]12. The number of hydrazine groups is 1. The Labute approximate surface area is 194 Å². The number of nitrogens with one attached hydrogen (secondary N) is 1. The van der Waals surface area contributed by atoms with Crippen LogP contribution in [0, 0.1) is 16.9 Å². The number of hydrogen-bond acceptors (Lipinski definition) is 8. The van der Waals surface area contributed by atoms with Gasteiger partial charge in [-0.2, -0.15) is 0 Å². The maximum atomic E-state index is 14.9. The van der Waals surface area contributed by atoms with E-state index in [1.165, 1.54) is 17.4 Å². The van der Waals surface area contributed by atoms with Crippen molar-refractivity contribution in [2.24, 2.45) is 5.92 Å². The molecule has 0 unspecified atom stereocenters. The first-order chi connectivity index (χ1) is 15.7. The lowest BCUT2D eigenvalue weighted by Crippen LogP contribution is -2.53. The van der Waals surface area contributed by atoms with Gasteiger partial charge in [0.1, 0.15) is 18.5 Å². The predicted molar refractivity (Wildman–Crippen MR) is 121 cm³/mol. The number of nitrogens with zero attached hydrogens (tertiary/aromatic N) is 4. The zero-order valence-corrected chi connectivity index (χ0v) is 19.3. The maximum absolute atomic E-state index is 14.9. The summed E-state index contributed by atoms with van der Waals surface area (Å²) in [6.07, 6.45) is -0.225. The molecule has 9 nitrogen and oxygen atoms in total. The Morgan fingerprint density at radius 3 is 2.85 bits per heavy atom. The van der Waals surface area contributed by atoms with Gasteiger partial charge in [-0.25, -0.2) is 14.4 Å². The Kier molecular flexibility index (Phi) is 5.69. The van der Waals surface area contributed by atoms with Gasteiger partial charge in [-0.15, -0.1) is 11.3 Å². The van der Waals surface area contributed by atoms with Crippen molar-refractivity contribution in [3.05, 3.63) is 40.2 Å². The van der Waals surface area contributed by atoms with Crippen molar-refractivity contribution in [1.29, 1.82) is 0 Å². The number of ether oxygens (including phenoxy) is 1. The zero-order valence-electron chi connectivity index (χ0n) is 18.5. The Balaban J connectivity index is 1.28. The quantitative estimate of drug-likeness (QED) is 0.530. The average Bonchev–Trinajstić information content (AvgIpc) is 3.47. The van der Waals surface area contributed by atoms with Crippen LogP contribution in [0.2, 0.25) is 0 Å². The molecule has 33 heavy (non-hydrogen) atoms. The molecule has 0 aliphatic carbocycles. The molecule has 4 heterocycles. The van der Waals surface area contributed by atoms with Gasteiger partial charge in [0.05, 0.1) is 45.0 Å². The molecule has 0 spiro atoms. The number of carbonyl (C=O) groups is 2. The van der Waals surface area contributed by atoms with Crippen molar-refractivity contribution in [1.82, 2.24) is 15.4 Å². The molecule has 0 bridgehead atoms. The summed E-state index contributed by atoms with van der Waals surface area (Å²) in [5.41, 5.74) is 3.72. The van der Waals surface area contributed by atoms with E-state index in [-0.39, 0.29) is 34.6 Å². The molecule has 1 aromatic heterocycles. The lowest BCUT2D eigenvalue weighted by molar-refractivity contribution is -0.861. The third-order valence-corrected chi connectivity index (χ3v) is 7.54. The van der Waals surface area contributed by atoms with Gasteiger partial charge in [0.15, 0.2) is 10.9 Å². The van der Waals surface area contributed by atoms with Crippen LogP contribution in [0.1, 0.15) is 17.3 Å². The minimum atomic E-state index is -0.546. The standard InChI is InChI=1S/C22H26FN5O4S/c1-13-10-27(19-18(29)11-32-20(13)19)25-21(30)14-3-4-15(16(23)9-14)17-12-33-22(24-17)26-5-7-28(2,31)8-6-26/h3-4,9,12-13,19-20H,5-8,10-11H2,1-2H3,(H,25,30)/t13-,19-,20-/m1/s1. The lowest BCUT2D eigenvalue weighted by Gasteiger charge is -2.45. The van der Waals surface area contributed by atoms with Gasteiger partial charge in [0.2, 0.25) is 0 Å². The number of anilines is 1. The molecule has 1 aromatic carbocycles. The van der Waals surface area contributed by atoms with Crippen LogP contribution < -0.4 is 10.3 Å². The third kappa shape index (κ3) is 4.26. The van der Waals surface area contributed by atoms with Gasteiger partial charge in [-0.1, -0.05) is 6.92 Å². The molecule has 1 N–H and O–H groups in total. The number of ketones is 1. The second kappa shape index (κ2) is 8.41. The van der Waals surface area contributed by atoms with E-state index in [0.29, 0.717) is 44.0 Å². The summed E-state index contributed by atoms with van der Waals surface area (Å²) >= 11 is 1.41. The summed E-state index contributed by atoms with van der Waals surface area (Å²) < 4.78 is 20.2. The van der Waals surface area contributed by atoms with E-state index < -0.39 is 17.8 Å². The first kappa shape index (κ1) is 22.4. The smallest absolute Gasteiger partial charge is 0.265 e. The summed E-state index contributed by atoms with van der Waals surface area (Å²) in [7, 11) is 1.67. The Morgan fingerprint density at radius 2 is 2.12 bits per heavy atom. The van der Waals surface area contributed by atoms with E-state index in [9.17, 15) is 19.2 Å². The molecular weight excluding hydrogens is 449 g/mol. The highest BCUT2D eigenvalue weighted by Gasteiger charge is 2.49. The monoisotopic (exact) mass is 475 g/mol. The van der Waals surface area contributed by atoms with Crippen molar-refractivity contribution >= 4 is 28.2 Å². The van der Waals surface area contributed by atoms with Crippen LogP contribution in [0.4, 0.5) is 9.52 Å². The molecule has 1 amide bonds. The number of thiazole rings is 1. The molecule has 3 atom stereocenters. The van der Waals surface area contributed by atoms with Crippen LogP contribution in [-0.2, 0) is 9.53 Å². The van der Waals surface area contributed by atoms with E-state index in [4.69, 9.17) is 4.74 Å². The number of carbonyl (C=O) groups excluding carboxylic acids is 2. The minimum Gasteiger partial charge on any atom is -0.633 e. The van der Waals surface area contributed by atoms with E-state index in [1.54, 1.807) is 29.6 Å². The van der Waals surface area contributed by atoms with Crippen molar-refractivity contribution in [3.8, 4) is 11.3 Å². The molecule has 3 saturated heterocycles. The van der Waals surface area contributed by atoms with Crippen molar-refractivity contribution in [2.75, 3.05) is 51.3 Å². The van der Waals surface area contributed by atoms with E-state index >= 15 is 0 Å². The van der Waals surface area contributed by atoms with Crippen LogP contribution in [0.25, 0.3) is 11.3 Å². The predicted octanol–water partition coefficient (Wildman–Crippen LogP) is 1.65. The number of amides is 1. The molecule has 0 radical (unpaired) electrons. The van der Waals surface area contributed by atoms with Crippen molar-refractivity contribution in [2.45, 2.75) is 19.1 Å². The molecule has 0 saturated carbocycles. The maximum Gasteiger partial charge on any atom is 0.265 e. The number of benzene rings is 1. The zero-order chi connectivity index (χ0) is 23.3. The number of likely N-dealkylation sites (N-methyl/N-ethyl adjacent to an activating group) is 1. The second-order valence-corrected chi connectivity index (χ2v) is 10.0. The van der Waals surface area contributed by atoms with Gasteiger partial charge >= 0.3 is 0 Å². The van der Waals surface area contributed by atoms with Crippen LogP contribution >= 0.6 is 11.3 Å². The van der Waals surface area contributed by atoms with Crippen LogP contribution in [-0.4, -0.2) is 84.9 Å². The summed E-state index contributed by atoms with van der Waals surface area (Å²) in [6, 6.07) is 3.80. The number of halogens is 1. The normalized spacial score (nSPS) is 27.1. The van der Waals surface area contributed by atoms with Crippen molar-refractivity contribution < 1.29 is 23.4 Å². The Hall–Kier alpha value is -2.44. The number of hydroxylamine groups is 3. The number of quaternary nitrogens is 1. The average molecular weight is 476 g/mol. The third-order valence-electron chi connectivity index (χ3n) is 6.64. The first-order valence-corrected chi connectivity index (χ1v) is 11.9. The van der Waals surface area contributed by atoms with Crippen LogP contribution in [0.5, 0.6) is 0 Å². The van der Waals surface area contributed by atoms with E-state index in [0.717, 1.165) is 5.13 Å². The van der Waals surface area contributed by atoms with Gasteiger partial charge in [0.25, 0.3) is 5.91 Å². The van der Waals surface area contributed by atoms with Gasteiger partial charge < -0.3 is 19.5 Å². The molecule has 176 valence electrons. The molecule has 3 aliphatic heterocycles. The van der Waals surface area contributed by atoms with Gasteiger partial charge in [-0.05, 0) is 24.1 Å². The molecular formula is C22H26FN5O4S. The van der Waals surface area contributed by atoms with E-state index in [1.807, 2.05) is 11.8 Å². The number of piperazine rings is 1. The fraction of sp³-hybridized carbons (Fsp3) is 0.500. The fourth-order valence-electron chi connectivity index (χ4n) is 4.68. The van der Waals surface area contributed by atoms with Crippen molar-refractivity contribution in [3.63, 3.8) is 0 Å². The molecule has 3 fully saturated rings. The largest absolute Gasteiger partial charge is 0.633 e. The number of rotatable bonds is 4. The topological polar surface area (TPSA) is 97.8 Å². The Morgan fingerprint density at radius 1 is 1.36 bits per heavy atom. The highest BCUT2D eigenvalue weighted by Crippen LogP contribution is 2.32. The molecule has 3 aliphatic rings. The fourth-order valence-corrected chi connectivity index (χ4v) is 5.56. The summed E-state index contributed by atoms with van der Waals surface area (Å²) in [6.45, 7) is 4.72. The van der Waals surface area contributed by atoms with Crippen LogP contribution in [0.3, 0.4) is 0 Å². The first-order valence-electron chi connectivity index (χ1n) is 11.0. The number of hydrogen-bond donors (Lipinski definition) is 1. The van der Waals surface area contributed by atoms with Gasteiger partial charge in [0, 0.05) is 23.1 Å². The van der Waals surface area contributed by atoms with Crippen LogP contribution in [0.15, 0.2) is 23.6 Å². The summed E-state index contributed by atoms with van der Waals surface area (Å²) in [5.74, 6) is -0.965. The highest BCUT2D eigenvalue weighted by atomic mass is 32.1. The number of aromatic nitrogens is 1. The summed E-state index contributed by atoms with van der Waals surface area (Å²) in [4.78, 5) is 31.5. The lowest BCUT2D eigenvalue weighted by atomic mass is 10.0. The van der Waals surface area contributed by atoms with Gasteiger partial charge in [-0.3, -0.25) is 15.0 Å². The Bertz CT molecular complexity index is 1080. The van der Waals surface area contributed by atoms with E-state index in [2.05, 4.69) is 10.4 Å². The number of Topliss-reactive ketones (excluding diaryl/α,β-unsaturated/α-hetero) is 1.